The maximum Gasteiger partial charge on any atom is 0.410 e. The predicted octanol–water partition coefficient (Wildman–Crippen LogP) is 11.1. The lowest BCUT2D eigenvalue weighted by Gasteiger charge is -2.35. The fourth-order valence-electron chi connectivity index (χ4n) is 9.91. The molecule has 0 spiro atoms. The second kappa shape index (κ2) is 21.9. The number of cyclic esters (lactones) is 1. The molecule has 0 aliphatic carbocycles. The topological polar surface area (TPSA) is 164 Å². The van der Waals surface area contributed by atoms with Crippen molar-refractivity contribution in [1.29, 1.82) is 0 Å². The molecular formula is C60H68N6O8. The quantitative estimate of drug-likeness (QED) is 0.0938. The Morgan fingerprint density at radius 2 is 1.64 bits per heavy atom. The lowest BCUT2D eigenvalue weighted by molar-refractivity contribution is -0.155. The molecule has 14 heteroatoms. The zero-order chi connectivity index (χ0) is 52.1. The first-order chi connectivity index (χ1) is 35.4. The molecule has 0 unspecified atom stereocenters. The number of hydrogen-bond acceptors (Lipinski definition) is 10. The molecule has 386 valence electrons. The monoisotopic (exact) mass is 1000 g/mol. The Morgan fingerprint density at radius 1 is 0.892 bits per heavy atom. The third kappa shape index (κ3) is 12.5. The van der Waals surface area contributed by atoms with Crippen molar-refractivity contribution < 1.29 is 38.1 Å². The Bertz CT molecular complexity index is 3050. The van der Waals surface area contributed by atoms with Gasteiger partial charge in [0, 0.05) is 54.1 Å². The van der Waals surface area contributed by atoms with Crippen molar-refractivity contribution in [3.05, 3.63) is 149 Å². The van der Waals surface area contributed by atoms with Gasteiger partial charge in [-0.2, -0.15) is 0 Å². The van der Waals surface area contributed by atoms with E-state index >= 15 is 0 Å². The summed E-state index contributed by atoms with van der Waals surface area (Å²) in [4.78, 5) is 65.8. The lowest BCUT2D eigenvalue weighted by Crippen LogP contribution is -2.60. The van der Waals surface area contributed by atoms with Crippen LogP contribution in [-0.4, -0.2) is 87.9 Å². The number of benzene rings is 4. The number of alkyl carbamates (subject to hydrolysis) is 1. The number of nitrogens with one attached hydrogen (secondary N) is 3. The molecule has 9 rings (SSSR count). The van der Waals surface area contributed by atoms with Crippen LogP contribution in [0.3, 0.4) is 0 Å². The van der Waals surface area contributed by atoms with Gasteiger partial charge in [0.05, 0.1) is 18.0 Å². The number of hydrogen-bond donors (Lipinski definition) is 3. The number of amides is 3. The van der Waals surface area contributed by atoms with Crippen LogP contribution in [0.2, 0.25) is 0 Å². The highest BCUT2D eigenvalue weighted by molar-refractivity contribution is 5.95. The third-order valence-corrected chi connectivity index (χ3v) is 13.7. The minimum Gasteiger partial charge on any atom is -0.489 e. The smallest absolute Gasteiger partial charge is 0.410 e. The lowest BCUT2D eigenvalue weighted by atomic mass is 9.83. The summed E-state index contributed by atoms with van der Waals surface area (Å²) in [5.41, 5.74) is 13.2. The van der Waals surface area contributed by atoms with Crippen molar-refractivity contribution in [3.8, 4) is 28.1 Å². The van der Waals surface area contributed by atoms with E-state index < -0.39 is 41.1 Å². The van der Waals surface area contributed by atoms with Crippen LogP contribution >= 0.6 is 0 Å². The Morgan fingerprint density at radius 3 is 2.34 bits per heavy atom. The van der Waals surface area contributed by atoms with E-state index in [1.165, 1.54) is 5.01 Å². The van der Waals surface area contributed by atoms with E-state index in [1.807, 2.05) is 85.1 Å². The zero-order valence-corrected chi connectivity index (χ0v) is 43.6. The molecule has 3 aliphatic heterocycles. The summed E-state index contributed by atoms with van der Waals surface area (Å²) in [5, 5.41) is 5.30. The summed E-state index contributed by atoms with van der Waals surface area (Å²) < 4.78 is 24.0. The minimum absolute atomic E-state index is 0.0803. The predicted molar refractivity (Wildman–Crippen MR) is 286 cm³/mol. The summed E-state index contributed by atoms with van der Waals surface area (Å²) in [6.07, 6.45) is 5.27. The summed E-state index contributed by atoms with van der Waals surface area (Å²) in [5.74, 6) is -0.177. The number of nitrogens with zero attached hydrogens (tertiary/aromatic N) is 3. The second-order valence-corrected chi connectivity index (χ2v) is 21.8. The molecule has 2 aromatic heterocycles. The van der Waals surface area contributed by atoms with Gasteiger partial charge < -0.3 is 34.1 Å². The molecule has 3 aliphatic rings. The van der Waals surface area contributed by atoms with Crippen molar-refractivity contribution in [2.75, 3.05) is 26.2 Å². The zero-order valence-electron chi connectivity index (χ0n) is 43.6. The largest absolute Gasteiger partial charge is 0.489 e. The van der Waals surface area contributed by atoms with Crippen molar-refractivity contribution >= 4 is 40.5 Å². The molecular weight excluding hydrogens is 933 g/mol. The molecule has 5 heterocycles. The molecule has 3 N–H and O–H groups in total. The van der Waals surface area contributed by atoms with Crippen LogP contribution in [0.5, 0.6) is 5.75 Å². The molecule has 0 radical (unpaired) electrons. The van der Waals surface area contributed by atoms with Crippen LogP contribution in [0.25, 0.3) is 38.9 Å². The van der Waals surface area contributed by atoms with E-state index in [4.69, 9.17) is 23.9 Å². The van der Waals surface area contributed by atoms with Gasteiger partial charge in [-0.3, -0.25) is 19.6 Å². The standard InChI is InChI=1S/C60H68N6O8/c1-38(2)53-48(32-45(34-61-53)42-22-25-65(26-23-42)58(70)72-36-40-17-12-9-13-18-40)54-49-33-60(6,7)37-73-56(68)51-19-14-24-66(64-51)55(67)52(63-57(69)74-59(3,4)5)29-41-27-44(43-20-21-50(62-54)47(49)31-43)30-46(28-41)71-35-39-15-10-8-11-16-39/h8-13,15-18,20-22,27-28,30-32,34,38,51-52,62,64H,14,19,23-26,29,33,35-37H2,1-7H3,(H,63,69)/t51-,52-/m0/s1. The average Bonchev–Trinajstić information content (AvgIpc) is 3.75. The van der Waals surface area contributed by atoms with Crippen molar-refractivity contribution in [2.45, 2.75) is 117 Å². The van der Waals surface area contributed by atoms with E-state index in [0.717, 1.165) is 72.4 Å². The van der Waals surface area contributed by atoms with E-state index in [-0.39, 0.29) is 31.6 Å². The number of H-pyrrole nitrogens is 1. The number of esters is 1. The first kappa shape index (κ1) is 51.5. The Hall–Kier alpha value is -7.45. The van der Waals surface area contributed by atoms with Crippen LogP contribution in [0.1, 0.15) is 107 Å². The molecule has 3 amide bonds. The van der Waals surface area contributed by atoms with Gasteiger partial charge in [-0.05, 0) is 127 Å². The number of aromatic nitrogens is 2. The van der Waals surface area contributed by atoms with Gasteiger partial charge in [0.25, 0.3) is 5.91 Å². The van der Waals surface area contributed by atoms with Gasteiger partial charge in [-0.25, -0.2) is 15.0 Å². The van der Waals surface area contributed by atoms with Gasteiger partial charge in [-0.15, -0.1) is 0 Å². The fourth-order valence-corrected chi connectivity index (χ4v) is 9.91. The number of fused-ring (bicyclic) bond motifs is 6. The SMILES string of the molecule is CC(C)c1ncc(C2=CCN(C(=O)OCc3ccccc3)CC2)cc1-c1[nH]c2ccc3cc2c1CC(C)(C)COC(=O)[C@@H]1CCCN(N1)C(=O)[C@@H](NC(=O)OC(C)(C)C)Cc1cc(OCc2ccccc2)cc-3c1. The molecule has 0 saturated carbocycles. The molecule has 74 heavy (non-hydrogen) atoms. The summed E-state index contributed by atoms with van der Waals surface area (Å²) in [7, 11) is 0. The minimum atomic E-state index is -1.06. The number of rotatable bonds is 9. The molecule has 6 bridgehead atoms. The van der Waals surface area contributed by atoms with Gasteiger partial charge in [0.1, 0.15) is 36.6 Å². The van der Waals surface area contributed by atoms with Crippen molar-refractivity contribution in [2.24, 2.45) is 5.41 Å². The highest BCUT2D eigenvalue weighted by Gasteiger charge is 2.36. The Kier molecular flexibility index (Phi) is 15.3. The fraction of sp³-hybridized carbons (Fsp3) is 0.383. The molecule has 6 aromatic rings. The molecule has 1 saturated heterocycles. The van der Waals surface area contributed by atoms with Gasteiger partial charge >= 0.3 is 18.2 Å². The van der Waals surface area contributed by atoms with E-state index in [0.29, 0.717) is 57.7 Å². The molecule has 2 atom stereocenters. The maximum atomic E-state index is 14.6. The highest BCUT2D eigenvalue weighted by Crippen LogP contribution is 2.41. The average molecular weight is 1000 g/mol. The van der Waals surface area contributed by atoms with Crippen LogP contribution in [-0.2, 0) is 49.9 Å². The molecule has 1 fully saturated rings. The summed E-state index contributed by atoms with van der Waals surface area (Å²) in [6, 6.07) is 32.3. The van der Waals surface area contributed by atoms with E-state index in [2.05, 4.69) is 73.8 Å². The number of carbonyl (C=O) groups is 4. The van der Waals surface area contributed by atoms with Crippen LogP contribution in [0.15, 0.2) is 115 Å². The Balaban J connectivity index is 1.13. The Labute approximate surface area is 433 Å². The van der Waals surface area contributed by atoms with Crippen molar-refractivity contribution in [3.63, 3.8) is 0 Å². The summed E-state index contributed by atoms with van der Waals surface area (Å²) in [6.45, 7) is 15.7. The normalized spacial score (nSPS) is 18.3. The van der Waals surface area contributed by atoms with E-state index in [9.17, 15) is 19.2 Å². The number of pyridine rings is 1. The van der Waals surface area contributed by atoms with E-state index in [1.54, 1.807) is 25.7 Å². The number of aromatic amines is 1. The highest BCUT2D eigenvalue weighted by atomic mass is 16.6. The second-order valence-electron chi connectivity index (χ2n) is 21.8. The number of ether oxygens (including phenoxy) is 4. The maximum absolute atomic E-state index is 14.6. The van der Waals surface area contributed by atoms with Crippen molar-refractivity contribution in [1.82, 2.24) is 30.6 Å². The van der Waals surface area contributed by atoms with Crippen LogP contribution in [0, 0.1) is 5.41 Å². The number of hydrazine groups is 1. The molecule has 4 aromatic carbocycles. The number of carbonyl (C=O) groups excluding carboxylic acids is 4. The van der Waals surface area contributed by atoms with Crippen LogP contribution in [0.4, 0.5) is 9.59 Å². The molecule has 14 nitrogen and oxygen atoms in total. The van der Waals surface area contributed by atoms with Gasteiger partial charge in [0.2, 0.25) is 0 Å². The first-order valence-corrected chi connectivity index (χ1v) is 25.8. The van der Waals surface area contributed by atoms with Gasteiger partial charge in [-0.1, -0.05) is 107 Å². The first-order valence-electron chi connectivity index (χ1n) is 25.8. The summed E-state index contributed by atoms with van der Waals surface area (Å²) >= 11 is 0. The third-order valence-electron chi connectivity index (χ3n) is 13.7. The van der Waals surface area contributed by atoms with Gasteiger partial charge in [0.15, 0.2) is 0 Å². The van der Waals surface area contributed by atoms with Crippen LogP contribution < -0.4 is 15.5 Å².